The van der Waals surface area contributed by atoms with Crippen molar-refractivity contribution in [1.82, 2.24) is 15.0 Å². The Hall–Kier alpha value is -2.21. The van der Waals surface area contributed by atoms with Crippen molar-refractivity contribution in [3.05, 3.63) is 43.0 Å². The van der Waals surface area contributed by atoms with Gasteiger partial charge in [-0.1, -0.05) is 0 Å². The van der Waals surface area contributed by atoms with E-state index >= 15 is 0 Å². The Morgan fingerprint density at radius 2 is 2.05 bits per heavy atom. The van der Waals surface area contributed by atoms with Gasteiger partial charge in [-0.15, -0.1) is 0 Å². The third-order valence-electron chi connectivity index (χ3n) is 4.27. The number of nitrogens with zero attached hydrogens (tertiary/aromatic N) is 4. The number of hydrogen-bond donors (Lipinski definition) is 0. The zero-order chi connectivity index (χ0) is 14.8. The highest BCUT2D eigenvalue weighted by Crippen LogP contribution is 2.34. The molecule has 6 nitrogen and oxygen atoms in total. The van der Waals surface area contributed by atoms with Crippen LogP contribution in [0.5, 0.6) is 5.75 Å². The first-order valence-electron chi connectivity index (χ1n) is 7.64. The molecule has 1 saturated heterocycles. The highest BCUT2D eigenvalue weighted by atomic mass is 16.5. The standard InChI is InChI=1S/C16H18N4O2/c1-3-12(11-17-6-1)22-14-5-4-13-15(14)21-10-9-20(13)16-18-7-2-8-19-16/h1-3,6-8,11,13-15H,4-5,9-10H2/t13-,14+,15+/m1/s1. The molecule has 2 aromatic heterocycles. The Bertz CT molecular complexity index is 610. The average molecular weight is 298 g/mol. The molecule has 2 aliphatic rings. The predicted molar refractivity (Wildman–Crippen MR) is 80.8 cm³/mol. The second-order valence-electron chi connectivity index (χ2n) is 5.57. The molecule has 0 bridgehead atoms. The summed E-state index contributed by atoms with van der Waals surface area (Å²) in [5.41, 5.74) is 0. The van der Waals surface area contributed by atoms with Crippen LogP contribution < -0.4 is 9.64 Å². The fourth-order valence-electron chi connectivity index (χ4n) is 3.32. The van der Waals surface area contributed by atoms with Crippen LogP contribution in [-0.2, 0) is 4.74 Å². The molecule has 2 fully saturated rings. The van der Waals surface area contributed by atoms with E-state index < -0.39 is 0 Å². The number of pyridine rings is 1. The molecule has 114 valence electrons. The van der Waals surface area contributed by atoms with Gasteiger partial charge in [-0.3, -0.25) is 4.98 Å². The quantitative estimate of drug-likeness (QED) is 0.859. The topological polar surface area (TPSA) is 60.4 Å². The molecule has 6 heteroatoms. The zero-order valence-electron chi connectivity index (χ0n) is 12.2. The summed E-state index contributed by atoms with van der Waals surface area (Å²) in [6.45, 7) is 1.50. The van der Waals surface area contributed by atoms with E-state index in [-0.39, 0.29) is 18.2 Å². The molecule has 1 saturated carbocycles. The number of anilines is 1. The minimum absolute atomic E-state index is 0.0535. The van der Waals surface area contributed by atoms with Gasteiger partial charge in [0.05, 0.1) is 18.8 Å². The van der Waals surface area contributed by atoms with Gasteiger partial charge in [0.15, 0.2) is 0 Å². The molecule has 3 atom stereocenters. The molecule has 0 N–H and O–H groups in total. The maximum atomic E-state index is 6.07. The number of hydrogen-bond acceptors (Lipinski definition) is 6. The summed E-state index contributed by atoms with van der Waals surface area (Å²) in [6.07, 6.45) is 9.15. The van der Waals surface area contributed by atoms with E-state index in [1.54, 1.807) is 24.8 Å². The normalized spacial score (nSPS) is 27.5. The molecule has 0 aromatic carbocycles. The highest BCUT2D eigenvalue weighted by molar-refractivity contribution is 5.33. The molecule has 0 radical (unpaired) electrons. The molecule has 2 aromatic rings. The molecule has 1 aliphatic heterocycles. The summed E-state index contributed by atoms with van der Waals surface area (Å²) in [5, 5.41) is 0. The summed E-state index contributed by atoms with van der Waals surface area (Å²) in [7, 11) is 0. The monoisotopic (exact) mass is 298 g/mol. The van der Waals surface area contributed by atoms with E-state index in [2.05, 4.69) is 19.9 Å². The third-order valence-corrected chi connectivity index (χ3v) is 4.27. The van der Waals surface area contributed by atoms with E-state index in [9.17, 15) is 0 Å². The van der Waals surface area contributed by atoms with Gasteiger partial charge in [-0.05, 0) is 31.0 Å². The van der Waals surface area contributed by atoms with E-state index in [4.69, 9.17) is 9.47 Å². The van der Waals surface area contributed by atoms with Gasteiger partial charge < -0.3 is 14.4 Å². The average Bonchev–Trinajstić information content (AvgIpc) is 3.00. The molecular weight excluding hydrogens is 280 g/mol. The number of aromatic nitrogens is 3. The second-order valence-corrected chi connectivity index (χ2v) is 5.57. The van der Waals surface area contributed by atoms with Crippen molar-refractivity contribution < 1.29 is 9.47 Å². The molecule has 4 rings (SSSR count). The molecule has 22 heavy (non-hydrogen) atoms. The van der Waals surface area contributed by atoms with Crippen LogP contribution in [0.4, 0.5) is 5.95 Å². The lowest BCUT2D eigenvalue weighted by molar-refractivity contribution is -0.0311. The summed E-state index contributed by atoms with van der Waals surface area (Å²) >= 11 is 0. The molecular formula is C16H18N4O2. The number of morpholine rings is 1. The molecule has 0 spiro atoms. The van der Waals surface area contributed by atoms with Crippen LogP contribution in [-0.4, -0.2) is 46.4 Å². The van der Waals surface area contributed by atoms with Crippen LogP contribution in [0.25, 0.3) is 0 Å². The lowest BCUT2D eigenvalue weighted by Gasteiger charge is -2.38. The lowest BCUT2D eigenvalue weighted by atomic mass is 10.1. The van der Waals surface area contributed by atoms with Crippen molar-refractivity contribution in [3.63, 3.8) is 0 Å². The number of ether oxygens (including phenoxy) is 2. The summed E-state index contributed by atoms with van der Waals surface area (Å²) < 4.78 is 12.1. The molecule has 0 amide bonds. The highest BCUT2D eigenvalue weighted by Gasteiger charge is 2.44. The summed E-state index contributed by atoms with van der Waals surface area (Å²) in [4.78, 5) is 15.1. The molecule has 3 heterocycles. The minimum Gasteiger partial charge on any atom is -0.486 e. The van der Waals surface area contributed by atoms with E-state index in [0.29, 0.717) is 6.61 Å². The number of rotatable bonds is 3. The van der Waals surface area contributed by atoms with Gasteiger partial charge >= 0.3 is 0 Å². The first kappa shape index (κ1) is 13.5. The number of fused-ring (bicyclic) bond motifs is 1. The molecule has 0 unspecified atom stereocenters. The van der Waals surface area contributed by atoms with Gasteiger partial charge in [0.25, 0.3) is 0 Å². The predicted octanol–water partition coefficient (Wildman–Crippen LogP) is 1.69. The van der Waals surface area contributed by atoms with E-state index in [0.717, 1.165) is 31.1 Å². The van der Waals surface area contributed by atoms with Gasteiger partial charge in [0.2, 0.25) is 5.95 Å². The zero-order valence-corrected chi connectivity index (χ0v) is 12.2. The van der Waals surface area contributed by atoms with Crippen LogP contribution in [0.15, 0.2) is 43.0 Å². The van der Waals surface area contributed by atoms with Crippen LogP contribution >= 0.6 is 0 Å². The Kier molecular flexibility index (Phi) is 3.60. The Morgan fingerprint density at radius 3 is 2.86 bits per heavy atom. The second kappa shape index (κ2) is 5.88. The Morgan fingerprint density at radius 1 is 1.14 bits per heavy atom. The maximum Gasteiger partial charge on any atom is 0.225 e. The summed E-state index contributed by atoms with van der Waals surface area (Å²) in [5.74, 6) is 1.58. The smallest absolute Gasteiger partial charge is 0.225 e. The largest absolute Gasteiger partial charge is 0.486 e. The minimum atomic E-state index is 0.0535. The first-order valence-corrected chi connectivity index (χ1v) is 7.64. The van der Waals surface area contributed by atoms with Gasteiger partial charge in [-0.2, -0.15) is 0 Å². The van der Waals surface area contributed by atoms with E-state index in [1.807, 2.05) is 18.2 Å². The fraction of sp³-hybridized carbons (Fsp3) is 0.438. The van der Waals surface area contributed by atoms with Crippen LogP contribution in [0, 0.1) is 0 Å². The van der Waals surface area contributed by atoms with Gasteiger partial charge in [-0.25, -0.2) is 9.97 Å². The molecule has 1 aliphatic carbocycles. The Labute approximate surface area is 129 Å². The summed E-state index contributed by atoms with van der Waals surface area (Å²) in [6, 6.07) is 5.93. The Balaban J connectivity index is 1.51. The lowest BCUT2D eigenvalue weighted by Crippen LogP contribution is -2.53. The SMILES string of the molecule is c1cnc(N2CCO[C@@H]3[C@@H](Oc4cccnc4)CC[C@H]32)nc1. The fourth-order valence-corrected chi connectivity index (χ4v) is 3.32. The van der Waals surface area contributed by atoms with Crippen LogP contribution in [0.3, 0.4) is 0 Å². The van der Waals surface area contributed by atoms with Gasteiger partial charge in [0.1, 0.15) is 18.0 Å². The van der Waals surface area contributed by atoms with Crippen LogP contribution in [0.1, 0.15) is 12.8 Å². The van der Waals surface area contributed by atoms with Crippen molar-refractivity contribution >= 4 is 5.95 Å². The van der Waals surface area contributed by atoms with Gasteiger partial charge in [0, 0.05) is 25.1 Å². The van der Waals surface area contributed by atoms with Crippen molar-refractivity contribution in [1.29, 1.82) is 0 Å². The van der Waals surface area contributed by atoms with Crippen LogP contribution in [0.2, 0.25) is 0 Å². The maximum absolute atomic E-state index is 6.07. The van der Waals surface area contributed by atoms with E-state index in [1.165, 1.54) is 0 Å². The first-order chi connectivity index (χ1) is 10.9. The van der Waals surface area contributed by atoms with Crippen molar-refractivity contribution in [3.8, 4) is 5.75 Å². The van der Waals surface area contributed by atoms with Crippen molar-refractivity contribution in [2.75, 3.05) is 18.1 Å². The third kappa shape index (κ3) is 2.50. The van der Waals surface area contributed by atoms with Crippen molar-refractivity contribution in [2.45, 2.75) is 31.1 Å². The van der Waals surface area contributed by atoms with Crippen molar-refractivity contribution in [2.24, 2.45) is 0 Å².